The lowest BCUT2D eigenvalue weighted by molar-refractivity contribution is 0.355. The van der Waals surface area contributed by atoms with Gasteiger partial charge in [-0.05, 0) is 12.1 Å². The minimum atomic E-state index is 0.690. The Hall–Kier alpha value is -2.56. The van der Waals surface area contributed by atoms with Crippen molar-refractivity contribution in [2.75, 3.05) is 28.4 Å². The highest BCUT2D eigenvalue weighted by molar-refractivity contribution is 6.09. The summed E-state index contributed by atoms with van der Waals surface area (Å²) in [6.45, 7) is 0. The summed E-state index contributed by atoms with van der Waals surface area (Å²) in [4.78, 5) is 3.36. The molecule has 0 aliphatic rings. The Bertz CT molecular complexity index is 741. The fourth-order valence-corrected chi connectivity index (χ4v) is 2.56. The number of rotatable bonds is 4. The normalized spacial score (nSPS) is 10.9. The molecule has 0 saturated carbocycles. The first kappa shape index (κ1) is 13.4. The van der Waals surface area contributed by atoms with Crippen molar-refractivity contribution in [1.29, 1.82) is 0 Å². The molecule has 1 aromatic heterocycles. The van der Waals surface area contributed by atoms with Gasteiger partial charge in [-0.15, -0.1) is 0 Å². The minimum Gasteiger partial charge on any atom is -0.493 e. The third kappa shape index (κ3) is 2.01. The number of aromatic amines is 1. The van der Waals surface area contributed by atoms with E-state index >= 15 is 0 Å². The molecule has 21 heavy (non-hydrogen) atoms. The van der Waals surface area contributed by atoms with Crippen molar-refractivity contribution >= 4 is 21.8 Å². The number of aromatic nitrogens is 1. The van der Waals surface area contributed by atoms with Crippen LogP contribution in [0.4, 0.5) is 0 Å². The molecule has 5 heteroatoms. The third-order valence-electron chi connectivity index (χ3n) is 3.61. The van der Waals surface area contributed by atoms with E-state index in [-0.39, 0.29) is 0 Å². The van der Waals surface area contributed by atoms with Gasteiger partial charge >= 0.3 is 0 Å². The lowest BCUT2D eigenvalue weighted by Crippen LogP contribution is -1.90. The topological polar surface area (TPSA) is 52.7 Å². The Morgan fingerprint density at radius 2 is 0.905 bits per heavy atom. The van der Waals surface area contributed by atoms with Crippen LogP contribution >= 0.6 is 0 Å². The Morgan fingerprint density at radius 1 is 0.571 bits per heavy atom. The molecule has 110 valence electrons. The molecule has 0 spiro atoms. The van der Waals surface area contributed by atoms with Gasteiger partial charge in [0.2, 0.25) is 0 Å². The largest absolute Gasteiger partial charge is 0.493 e. The Morgan fingerprint density at radius 3 is 1.24 bits per heavy atom. The molecule has 5 nitrogen and oxygen atoms in total. The molecule has 1 heterocycles. The van der Waals surface area contributed by atoms with Crippen molar-refractivity contribution < 1.29 is 18.9 Å². The number of benzene rings is 2. The van der Waals surface area contributed by atoms with Gasteiger partial charge < -0.3 is 23.9 Å². The van der Waals surface area contributed by atoms with Gasteiger partial charge in [0.05, 0.1) is 39.5 Å². The van der Waals surface area contributed by atoms with E-state index in [0.29, 0.717) is 23.0 Å². The van der Waals surface area contributed by atoms with Gasteiger partial charge in [-0.1, -0.05) is 0 Å². The van der Waals surface area contributed by atoms with E-state index in [1.807, 2.05) is 24.3 Å². The van der Waals surface area contributed by atoms with Crippen molar-refractivity contribution in [3.8, 4) is 23.0 Å². The zero-order valence-electron chi connectivity index (χ0n) is 12.4. The average Bonchev–Trinajstić information content (AvgIpc) is 2.88. The molecule has 2 aromatic carbocycles. The molecule has 3 aromatic rings. The standard InChI is InChI=1S/C16H17NO4/c1-18-13-5-9-10-6-14(19-2)16(21-4)8-12(10)17-11(9)7-15(13)20-3/h5-8,17H,1-4H3. The van der Waals surface area contributed by atoms with Gasteiger partial charge in [-0.25, -0.2) is 0 Å². The van der Waals surface area contributed by atoms with E-state index in [1.54, 1.807) is 28.4 Å². The van der Waals surface area contributed by atoms with Gasteiger partial charge in [0, 0.05) is 22.9 Å². The van der Waals surface area contributed by atoms with Gasteiger partial charge in [0.15, 0.2) is 23.0 Å². The van der Waals surface area contributed by atoms with Crippen LogP contribution in [0.3, 0.4) is 0 Å². The van der Waals surface area contributed by atoms with E-state index in [2.05, 4.69) is 4.98 Å². The average molecular weight is 287 g/mol. The van der Waals surface area contributed by atoms with Crippen LogP contribution < -0.4 is 18.9 Å². The van der Waals surface area contributed by atoms with Crippen molar-refractivity contribution in [3.63, 3.8) is 0 Å². The highest BCUT2D eigenvalue weighted by atomic mass is 16.5. The highest BCUT2D eigenvalue weighted by Crippen LogP contribution is 2.39. The molecular formula is C16H17NO4. The maximum Gasteiger partial charge on any atom is 0.162 e. The lowest BCUT2D eigenvalue weighted by Gasteiger charge is -2.08. The minimum absolute atomic E-state index is 0.690. The maximum absolute atomic E-state index is 5.37. The lowest BCUT2D eigenvalue weighted by atomic mass is 10.1. The summed E-state index contributed by atoms with van der Waals surface area (Å²) in [6.07, 6.45) is 0. The first-order chi connectivity index (χ1) is 10.2. The molecule has 0 fully saturated rings. The summed E-state index contributed by atoms with van der Waals surface area (Å²) in [5, 5.41) is 2.09. The van der Waals surface area contributed by atoms with Crippen LogP contribution in [0.25, 0.3) is 21.8 Å². The highest BCUT2D eigenvalue weighted by Gasteiger charge is 2.14. The number of nitrogens with one attached hydrogen (secondary N) is 1. The fourth-order valence-electron chi connectivity index (χ4n) is 2.56. The first-order valence-corrected chi connectivity index (χ1v) is 6.51. The Kier molecular flexibility index (Phi) is 3.25. The van der Waals surface area contributed by atoms with Crippen LogP contribution in [0.5, 0.6) is 23.0 Å². The molecule has 1 N–H and O–H groups in total. The second-order valence-corrected chi connectivity index (χ2v) is 4.63. The summed E-state index contributed by atoms with van der Waals surface area (Å²) in [7, 11) is 6.50. The predicted molar refractivity (Wildman–Crippen MR) is 82.0 cm³/mol. The van der Waals surface area contributed by atoms with Gasteiger partial charge in [0.25, 0.3) is 0 Å². The van der Waals surface area contributed by atoms with Crippen LogP contribution in [-0.4, -0.2) is 33.4 Å². The summed E-state index contributed by atoms with van der Waals surface area (Å²) in [5.41, 5.74) is 1.94. The van der Waals surface area contributed by atoms with E-state index in [1.165, 1.54) is 0 Å². The SMILES string of the molecule is COc1cc2[nH]c3cc(OC)c(OC)cc3c2cc1OC. The fraction of sp³-hybridized carbons (Fsp3) is 0.250. The van der Waals surface area contributed by atoms with Crippen LogP contribution in [0.1, 0.15) is 0 Å². The first-order valence-electron chi connectivity index (χ1n) is 6.51. The van der Waals surface area contributed by atoms with Crippen LogP contribution in [0, 0.1) is 0 Å². The van der Waals surface area contributed by atoms with Crippen molar-refractivity contribution in [2.45, 2.75) is 0 Å². The van der Waals surface area contributed by atoms with E-state index in [0.717, 1.165) is 21.8 Å². The zero-order chi connectivity index (χ0) is 15.0. The van der Waals surface area contributed by atoms with Crippen LogP contribution in [0.15, 0.2) is 24.3 Å². The number of fused-ring (bicyclic) bond motifs is 3. The molecule has 3 rings (SSSR count). The quantitative estimate of drug-likeness (QED) is 0.799. The zero-order valence-corrected chi connectivity index (χ0v) is 12.4. The van der Waals surface area contributed by atoms with Gasteiger partial charge in [-0.3, -0.25) is 0 Å². The van der Waals surface area contributed by atoms with E-state index in [9.17, 15) is 0 Å². The number of hydrogen-bond donors (Lipinski definition) is 1. The summed E-state index contributed by atoms with van der Waals surface area (Å²) >= 11 is 0. The monoisotopic (exact) mass is 287 g/mol. The Balaban J connectivity index is 2.35. The molecule has 0 aliphatic carbocycles. The van der Waals surface area contributed by atoms with Crippen LogP contribution in [0.2, 0.25) is 0 Å². The number of ether oxygens (including phenoxy) is 4. The van der Waals surface area contributed by atoms with Gasteiger partial charge in [-0.2, -0.15) is 0 Å². The van der Waals surface area contributed by atoms with Crippen molar-refractivity contribution in [1.82, 2.24) is 4.98 Å². The van der Waals surface area contributed by atoms with E-state index in [4.69, 9.17) is 18.9 Å². The third-order valence-corrected chi connectivity index (χ3v) is 3.61. The molecule has 0 saturated heterocycles. The molecular weight excluding hydrogens is 270 g/mol. The smallest absolute Gasteiger partial charge is 0.162 e. The van der Waals surface area contributed by atoms with Crippen LogP contribution in [-0.2, 0) is 0 Å². The molecule has 0 radical (unpaired) electrons. The van der Waals surface area contributed by atoms with Crippen molar-refractivity contribution in [2.24, 2.45) is 0 Å². The predicted octanol–water partition coefficient (Wildman–Crippen LogP) is 3.36. The molecule has 0 unspecified atom stereocenters. The molecule has 0 aliphatic heterocycles. The molecule has 0 bridgehead atoms. The molecule has 0 atom stereocenters. The number of hydrogen-bond acceptors (Lipinski definition) is 4. The summed E-state index contributed by atoms with van der Waals surface area (Å²) in [6, 6.07) is 7.76. The summed E-state index contributed by atoms with van der Waals surface area (Å²) < 4.78 is 21.4. The molecule has 0 amide bonds. The second-order valence-electron chi connectivity index (χ2n) is 4.63. The second kappa shape index (κ2) is 5.09. The van der Waals surface area contributed by atoms with Gasteiger partial charge in [0.1, 0.15) is 0 Å². The number of H-pyrrole nitrogens is 1. The van der Waals surface area contributed by atoms with E-state index < -0.39 is 0 Å². The van der Waals surface area contributed by atoms with Crippen molar-refractivity contribution in [3.05, 3.63) is 24.3 Å². The maximum atomic E-state index is 5.37. The summed E-state index contributed by atoms with van der Waals surface area (Å²) in [5.74, 6) is 2.77. The number of methoxy groups -OCH3 is 4. The Labute approximate surface area is 122 Å².